The fourth-order valence-electron chi connectivity index (χ4n) is 3.23. The van der Waals surface area contributed by atoms with Crippen molar-refractivity contribution in [3.8, 4) is 6.07 Å². The maximum absolute atomic E-state index is 12.7. The normalized spacial score (nSPS) is 15.2. The maximum Gasteiger partial charge on any atom is 0.331 e. The summed E-state index contributed by atoms with van der Waals surface area (Å²) < 4.78 is 9.89. The maximum atomic E-state index is 12.7. The fourth-order valence-corrected chi connectivity index (χ4v) is 3.23. The molecule has 0 saturated carbocycles. The van der Waals surface area contributed by atoms with E-state index in [9.17, 15) is 14.4 Å². The Bertz CT molecular complexity index is 1020. The lowest BCUT2D eigenvalue weighted by Crippen LogP contribution is -2.50. The Morgan fingerprint density at radius 1 is 1.13 bits per heavy atom. The molecule has 0 aromatic heterocycles. The molecule has 2 aromatic carbocycles. The van der Waals surface area contributed by atoms with Crippen LogP contribution in [0.2, 0.25) is 0 Å². The molecule has 0 N–H and O–H groups in total. The van der Waals surface area contributed by atoms with E-state index in [1.165, 1.54) is 24.2 Å². The summed E-state index contributed by atoms with van der Waals surface area (Å²) in [6.07, 6.45) is 3.08. The molecule has 1 aliphatic heterocycles. The predicted molar refractivity (Wildman–Crippen MR) is 108 cm³/mol. The Kier molecular flexibility index (Phi) is 6.60. The summed E-state index contributed by atoms with van der Waals surface area (Å²) in [5, 5.41) is 8.79. The fraction of sp³-hybridized carbons (Fsp3) is 0.217. The van der Waals surface area contributed by atoms with Crippen molar-refractivity contribution in [2.24, 2.45) is 0 Å². The Hall–Kier alpha value is -3.92. The van der Waals surface area contributed by atoms with Gasteiger partial charge in [0.05, 0.1) is 18.7 Å². The molecule has 7 heteroatoms. The summed E-state index contributed by atoms with van der Waals surface area (Å²) in [6, 6.07) is 15.5. The molecule has 0 bridgehead atoms. The molecule has 0 aliphatic carbocycles. The van der Waals surface area contributed by atoms with Crippen LogP contribution in [-0.2, 0) is 36.8 Å². The van der Waals surface area contributed by atoms with Crippen LogP contribution in [-0.4, -0.2) is 42.5 Å². The van der Waals surface area contributed by atoms with Crippen molar-refractivity contribution < 1.29 is 23.9 Å². The van der Waals surface area contributed by atoms with Gasteiger partial charge in [-0.3, -0.25) is 4.79 Å². The number of nitrogens with zero attached hydrogens (tertiary/aromatic N) is 2. The lowest BCUT2D eigenvalue weighted by molar-refractivity contribution is -0.158. The predicted octanol–water partition coefficient (Wildman–Crippen LogP) is 2.24. The van der Waals surface area contributed by atoms with Gasteiger partial charge < -0.3 is 14.4 Å². The molecule has 0 fully saturated rings. The Labute approximate surface area is 174 Å². The van der Waals surface area contributed by atoms with Crippen molar-refractivity contribution in [2.45, 2.75) is 19.0 Å². The summed E-state index contributed by atoms with van der Waals surface area (Å²) in [5.74, 6) is -1.66. The van der Waals surface area contributed by atoms with E-state index in [0.29, 0.717) is 12.0 Å². The molecular formula is C23H20N2O5. The van der Waals surface area contributed by atoms with E-state index >= 15 is 0 Å². The second-order valence-electron chi connectivity index (χ2n) is 6.71. The third-order valence-electron chi connectivity index (χ3n) is 4.83. The van der Waals surface area contributed by atoms with Crippen molar-refractivity contribution in [2.75, 3.05) is 13.7 Å². The minimum absolute atomic E-state index is 0.243. The third-order valence-corrected chi connectivity index (χ3v) is 4.83. The van der Waals surface area contributed by atoms with E-state index < -0.39 is 30.5 Å². The van der Waals surface area contributed by atoms with Gasteiger partial charge in [-0.15, -0.1) is 0 Å². The highest BCUT2D eigenvalue weighted by Gasteiger charge is 2.35. The Morgan fingerprint density at radius 2 is 1.83 bits per heavy atom. The zero-order valence-corrected chi connectivity index (χ0v) is 16.4. The molecule has 0 spiro atoms. The largest absolute Gasteiger partial charge is 0.467 e. The minimum Gasteiger partial charge on any atom is -0.467 e. The van der Waals surface area contributed by atoms with Gasteiger partial charge in [-0.2, -0.15) is 5.26 Å². The van der Waals surface area contributed by atoms with Gasteiger partial charge in [0, 0.05) is 19.0 Å². The van der Waals surface area contributed by atoms with E-state index in [2.05, 4.69) is 0 Å². The van der Waals surface area contributed by atoms with E-state index in [4.69, 9.17) is 14.7 Å². The molecule has 2 aromatic rings. The van der Waals surface area contributed by atoms with E-state index in [-0.39, 0.29) is 6.54 Å². The van der Waals surface area contributed by atoms with E-state index in [1.807, 2.05) is 30.3 Å². The number of carbonyl (C=O) groups is 3. The molecular weight excluding hydrogens is 384 g/mol. The van der Waals surface area contributed by atoms with Gasteiger partial charge in [-0.25, -0.2) is 9.59 Å². The number of fused-ring (bicyclic) bond motifs is 1. The van der Waals surface area contributed by atoms with E-state index in [1.54, 1.807) is 24.3 Å². The number of methoxy groups -OCH3 is 1. The first-order valence-electron chi connectivity index (χ1n) is 9.31. The van der Waals surface area contributed by atoms with Gasteiger partial charge in [-0.1, -0.05) is 36.4 Å². The molecule has 1 amide bonds. The van der Waals surface area contributed by atoms with Crippen molar-refractivity contribution in [1.29, 1.82) is 5.26 Å². The number of hydrogen-bond acceptors (Lipinski definition) is 6. The highest BCUT2D eigenvalue weighted by molar-refractivity contribution is 5.90. The van der Waals surface area contributed by atoms with Crippen LogP contribution in [0.15, 0.2) is 54.6 Å². The molecule has 1 aliphatic rings. The molecule has 7 nitrogen and oxygen atoms in total. The molecule has 0 unspecified atom stereocenters. The molecule has 1 atom stereocenters. The van der Waals surface area contributed by atoms with Crippen LogP contribution in [0.1, 0.15) is 22.3 Å². The Morgan fingerprint density at radius 3 is 2.50 bits per heavy atom. The van der Waals surface area contributed by atoms with Crippen LogP contribution >= 0.6 is 0 Å². The van der Waals surface area contributed by atoms with Gasteiger partial charge in [0.25, 0.3) is 5.91 Å². The summed E-state index contributed by atoms with van der Waals surface area (Å²) in [7, 11) is 1.28. The number of rotatable bonds is 5. The van der Waals surface area contributed by atoms with Crippen molar-refractivity contribution in [1.82, 2.24) is 4.90 Å². The Balaban J connectivity index is 1.62. The summed E-state index contributed by atoms with van der Waals surface area (Å²) in [5.41, 5.74) is 3.16. The minimum atomic E-state index is -0.759. The number of carbonyl (C=O) groups excluding carboxylic acids is 3. The van der Waals surface area contributed by atoms with Crippen LogP contribution < -0.4 is 0 Å². The van der Waals surface area contributed by atoms with Gasteiger partial charge in [-0.05, 0) is 34.9 Å². The molecule has 152 valence electrons. The average Bonchev–Trinajstić information content (AvgIpc) is 2.80. The molecule has 1 heterocycles. The summed E-state index contributed by atoms with van der Waals surface area (Å²) in [6.45, 7) is -0.236. The van der Waals surface area contributed by atoms with Crippen molar-refractivity contribution in [3.63, 3.8) is 0 Å². The number of amides is 1. The quantitative estimate of drug-likeness (QED) is 0.560. The number of benzene rings is 2. The first-order chi connectivity index (χ1) is 14.5. The van der Waals surface area contributed by atoms with Gasteiger partial charge >= 0.3 is 11.9 Å². The van der Waals surface area contributed by atoms with Gasteiger partial charge in [0.1, 0.15) is 6.04 Å². The summed E-state index contributed by atoms with van der Waals surface area (Å²) >= 11 is 0. The SMILES string of the molecule is COC(=O)[C@H]1Cc2ccccc2CN1C(=O)COC(=O)/C=C/c1ccc(C#N)cc1. The van der Waals surface area contributed by atoms with Crippen LogP contribution in [0, 0.1) is 11.3 Å². The highest BCUT2D eigenvalue weighted by Crippen LogP contribution is 2.24. The van der Waals surface area contributed by atoms with Crippen LogP contribution in [0.4, 0.5) is 0 Å². The highest BCUT2D eigenvalue weighted by atomic mass is 16.5. The van der Waals surface area contributed by atoms with Crippen LogP contribution in [0.3, 0.4) is 0 Å². The monoisotopic (exact) mass is 404 g/mol. The smallest absolute Gasteiger partial charge is 0.331 e. The number of hydrogen-bond donors (Lipinski definition) is 0. The zero-order valence-electron chi connectivity index (χ0n) is 16.4. The summed E-state index contributed by atoms with van der Waals surface area (Å²) in [4.78, 5) is 38.2. The lowest BCUT2D eigenvalue weighted by atomic mass is 9.94. The third kappa shape index (κ3) is 4.92. The molecule has 3 rings (SSSR count). The average molecular weight is 404 g/mol. The molecule has 30 heavy (non-hydrogen) atoms. The second kappa shape index (κ2) is 9.52. The topological polar surface area (TPSA) is 96.7 Å². The number of nitriles is 1. The standard InChI is InChI=1S/C23H20N2O5/c1-29-23(28)20-12-18-4-2-3-5-19(18)14-25(20)21(26)15-30-22(27)11-10-16-6-8-17(13-24)9-7-16/h2-11,20H,12,14-15H2,1H3/b11-10+/t20-/m1/s1. The molecule has 0 radical (unpaired) electrons. The van der Waals surface area contributed by atoms with Crippen molar-refractivity contribution >= 4 is 23.9 Å². The lowest BCUT2D eigenvalue weighted by Gasteiger charge is -2.35. The van der Waals surface area contributed by atoms with Gasteiger partial charge in [0.15, 0.2) is 6.61 Å². The second-order valence-corrected chi connectivity index (χ2v) is 6.71. The van der Waals surface area contributed by atoms with Gasteiger partial charge in [0.2, 0.25) is 0 Å². The van der Waals surface area contributed by atoms with E-state index in [0.717, 1.165) is 16.7 Å². The molecule has 0 saturated heterocycles. The van der Waals surface area contributed by atoms with Crippen LogP contribution in [0.25, 0.3) is 6.08 Å². The number of esters is 2. The number of ether oxygens (including phenoxy) is 2. The van der Waals surface area contributed by atoms with Crippen LogP contribution in [0.5, 0.6) is 0 Å². The first-order valence-corrected chi connectivity index (χ1v) is 9.31. The zero-order chi connectivity index (χ0) is 21.5. The first kappa shape index (κ1) is 20.8. The van der Waals surface area contributed by atoms with Crippen molar-refractivity contribution in [3.05, 3.63) is 76.9 Å².